The Bertz CT molecular complexity index is 789. The van der Waals surface area contributed by atoms with E-state index in [9.17, 15) is 14.4 Å². The topological polar surface area (TPSA) is 63.7 Å². The van der Waals surface area contributed by atoms with E-state index in [-0.39, 0.29) is 17.5 Å². The lowest BCUT2D eigenvalue weighted by molar-refractivity contribution is -0.167. The molecule has 0 spiro atoms. The van der Waals surface area contributed by atoms with Crippen LogP contribution >= 0.6 is 0 Å². The summed E-state index contributed by atoms with van der Waals surface area (Å²) in [6.45, 7) is 4.29. The molecule has 0 bridgehead atoms. The lowest BCUT2D eigenvalue weighted by Crippen LogP contribution is -2.33. The van der Waals surface area contributed by atoms with Crippen molar-refractivity contribution in [2.24, 2.45) is 5.92 Å². The maximum atomic E-state index is 12.2. The Balaban J connectivity index is 1.64. The first-order chi connectivity index (χ1) is 12.0. The second-order valence-electron chi connectivity index (χ2n) is 6.50. The largest absolute Gasteiger partial charge is 0.337 e. The number of carbonyl (C=O) groups is 3. The van der Waals surface area contributed by atoms with Crippen LogP contribution in [-0.2, 0) is 22.5 Å². The van der Waals surface area contributed by atoms with Gasteiger partial charge in [0.1, 0.15) is 0 Å². The van der Waals surface area contributed by atoms with Crippen LogP contribution in [0.25, 0.3) is 0 Å². The van der Waals surface area contributed by atoms with Gasteiger partial charge >= 0.3 is 5.97 Å². The fourth-order valence-electron chi connectivity index (χ4n) is 2.82. The average molecular weight is 337 g/mol. The summed E-state index contributed by atoms with van der Waals surface area (Å²) in [6, 6.07) is 14.1. The summed E-state index contributed by atoms with van der Waals surface area (Å²) in [5.74, 6) is -1.31. The summed E-state index contributed by atoms with van der Waals surface area (Å²) in [5, 5.41) is 0.542. The number of amides is 2. The minimum Gasteiger partial charge on any atom is -0.329 e. The van der Waals surface area contributed by atoms with E-state index in [0.717, 1.165) is 12.0 Å². The highest BCUT2D eigenvalue weighted by atomic mass is 16.7. The Kier molecular flexibility index (Phi) is 4.65. The molecule has 0 atom stereocenters. The fourth-order valence-corrected chi connectivity index (χ4v) is 2.82. The molecule has 2 amide bonds. The van der Waals surface area contributed by atoms with Crippen molar-refractivity contribution in [3.63, 3.8) is 0 Å². The highest BCUT2D eigenvalue weighted by molar-refractivity contribution is 6.20. The van der Waals surface area contributed by atoms with Crippen molar-refractivity contribution >= 4 is 17.8 Å². The van der Waals surface area contributed by atoms with Crippen molar-refractivity contribution in [2.75, 3.05) is 0 Å². The van der Waals surface area contributed by atoms with E-state index in [1.165, 1.54) is 17.7 Å². The summed E-state index contributed by atoms with van der Waals surface area (Å²) < 4.78 is 0. The van der Waals surface area contributed by atoms with Crippen LogP contribution in [0.3, 0.4) is 0 Å². The first-order valence-corrected chi connectivity index (χ1v) is 8.22. The van der Waals surface area contributed by atoms with Crippen LogP contribution in [0.15, 0.2) is 48.5 Å². The smallest absolute Gasteiger partial charge is 0.329 e. The Labute approximate surface area is 146 Å². The van der Waals surface area contributed by atoms with Crippen LogP contribution in [-0.4, -0.2) is 22.8 Å². The van der Waals surface area contributed by atoms with Gasteiger partial charge in [0.15, 0.2) is 0 Å². The number of nitrogens with zero attached hydrogens (tertiary/aromatic N) is 1. The van der Waals surface area contributed by atoms with Gasteiger partial charge in [-0.25, -0.2) is 4.79 Å². The van der Waals surface area contributed by atoms with Gasteiger partial charge in [0, 0.05) is 0 Å². The average Bonchev–Trinajstić information content (AvgIpc) is 2.82. The Morgan fingerprint density at radius 1 is 0.920 bits per heavy atom. The van der Waals surface area contributed by atoms with Crippen molar-refractivity contribution in [1.82, 2.24) is 5.06 Å². The molecule has 1 aliphatic rings. The van der Waals surface area contributed by atoms with Gasteiger partial charge in [-0.2, -0.15) is 0 Å². The molecule has 0 radical (unpaired) electrons. The van der Waals surface area contributed by atoms with Gasteiger partial charge in [0.2, 0.25) is 0 Å². The Morgan fingerprint density at radius 2 is 1.44 bits per heavy atom. The molecule has 0 saturated heterocycles. The molecule has 128 valence electrons. The van der Waals surface area contributed by atoms with Gasteiger partial charge in [0.05, 0.1) is 17.5 Å². The van der Waals surface area contributed by atoms with Crippen molar-refractivity contribution in [2.45, 2.75) is 26.7 Å². The van der Waals surface area contributed by atoms with Crippen LogP contribution in [0.5, 0.6) is 0 Å². The highest BCUT2D eigenvalue weighted by Crippen LogP contribution is 2.23. The molecule has 2 aromatic rings. The standard InChI is InChI=1S/C20H19NO4/c1-13(2)11-14-7-9-15(10-8-14)12-18(22)25-21-19(23)16-5-3-4-6-17(16)20(21)24/h3-10,13H,11-12H2,1-2H3. The first-order valence-electron chi connectivity index (χ1n) is 8.22. The third-order valence-electron chi connectivity index (χ3n) is 3.97. The zero-order valence-corrected chi connectivity index (χ0v) is 14.2. The molecule has 5 heteroatoms. The normalized spacial score (nSPS) is 13.3. The maximum Gasteiger partial charge on any atom is 0.337 e. The van der Waals surface area contributed by atoms with Crippen LogP contribution in [0, 0.1) is 5.92 Å². The van der Waals surface area contributed by atoms with E-state index < -0.39 is 17.8 Å². The van der Waals surface area contributed by atoms with Gasteiger partial charge in [-0.15, -0.1) is 0 Å². The first kappa shape index (κ1) is 16.9. The lowest BCUT2D eigenvalue weighted by Gasteiger charge is -2.13. The van der Waals surface area contributed by atoms with Crippen molar-refractivity contribution < 1.29 is 19.2 Å². The van der Waals surface area contributed by atoms with Gasteiger partial charge < -0.3 is 4.84 Å². The number of rotatable bonds is 5. The third-order valence-corrected chi connectivity index (χ3v) is 3.97. The molecule has 0 aromatic heterocycles. The number of hydroxylamine groups is 2. The van der Waals surface area contributed by atoms with Crippen LogP contribution < -0.4 is 0 Å². The van der Waals surface area contributed by atoms with Crippen molar-refractivity contribution in [1.29, 1.82) is 0 Å². The van der Waals surface area contributed by atoms with E-state index in [2.05, 4.69) is 13.8 Å². The van der Waals surface area contributed by atoms with Gasteiger partial charge in [-0.3, -0.25) is 9.59 Å². The number of fused-ring (bicyclic) bond motifs is 1. The number of hydrogen-bond acceptors (Lipinski definition) is 4. The Hall–Kier alpha value is -2.95. The quantitative estimate of drug-likeness (QED) is 0.786. The molecule has 0 N–H and O–H groups in total. The van der Waals surface area contributed by atoms with Gasteiger partial charge in [0.25, 0.3) is 11.8 Å². The highest BCUT2D eigenvalue weighted by Gasteiger charge is 2.38. The van der Waals surface area contributed by atoms with Gasteiger partial charge in [-0.1, -0.05) is 55.3 Å². The minimum atomic E-state index is -0.647. The summed E-state index contributed by atoms with van der Waals surface area (Å²) in [5.41, 5.74) is 2.47. The monoisotopic (exact) mass is 337 g/mol. The fraction of sp³-hybridized carbons (Fsp3) is 0.250. The van der Waals surface area contributed by atoms with E-state index in [1.807, 2.05) is 24.3 Å². The maximum absolute atomic E-state index is 12.2. The lowest BCUT2D eigenvalue weighted by atomic mass is 10.0. The number of benzene rings is 2. The van der Waals surface area contributed by atoms with E-state index in [0.29, 0.717) is 11.0 Å². The number of imide groups is 1. The van der Waals surface area contributed by atoms with Crippen molar-refractivity contribution in [3.05, 3.63) is 70.8 Å². The molecular formula is C20H19NO4. The molecule has 2 aromatic carbocycles. The number of carbonyl (C=O) groups excluding carboxylic acids is 3. The predicted octanol–water partition coefficient (Wildman–Crippen LogP) is 3.18. The third kappa shape index (κ3) is 3.60. The summed E-state index contributed by atoms with van der Waals surface area (Å²) in [6.07, 6.45) is 0.967. The van der Waals surface area contributed by atoms with E-state index in [1.54, 1.807) is 12.1 Å². The minimum absolute atomic E-state index is 0.00460. The van der Waals surface area contributed by atoms with E-state index >= 15 is 0 Å². The second-order valence-corrected chi connectivity index (χ2v) is 6.50. The Morgan fingerprint density at radius 3 is 1.96 bits per heavy atom. The van der Waals surface area contributed by atoms with Gasteiger partial charge in [-0.05, 0) is 35.6 Å². The zero-order chi connectivity index (χ0) is 18.0. The molecule has 1 heterocycles. The molecule has 25 heavy (non-hydrogen) atoms. The van der Waals surface area contributed by atoms with Crippen molar-refractivity contribution in [3.8, 4) is 0 Å². The van der Waals surface area contributed by atoms with E-state index in [4.69, 9.17) is 4.84 Å². The molecule has 3 rings (SSSR count). The summed E-state index contributed by atoms with van der Waals surface area (Å²) in [7, 11) is 0. The second kappa shape index (κ2) is 6.89. The molecule has 0 unspecified atom stereocenters. The van der Waals surface area contributed by atoms with Crippen LogP contribution in [0.2, 0.25) is 0 Å². The molecule has 1 aliphatic heterocycles. The summed E-state index contributed by atoms with van der Waals surface area (Å²) in [4.78, 5) is 41.5. The SMILES string of the molecule is CC(C)Cc1ccc(CC(=O)ON2C(=O)c3ccccc3C2=O)cc1. The molecule has 5 nitrogen and oxygen atoms in total. The number of hydrogen-bond donors (Lipinski definition) is 0. The summed E-state index contributed by atoms with van der Waals surface area (Å²) >= 11 is 0. The molecular weight excluding hydrogens is 318 g/mol. The predicted molar refractivity (Wildman–Crippen MR) is 91.7 cm³/mol. The molecule has 0 saturated carbocycles. The van der Waals surface area contributed by atoms with Crippen LogP contribution in [0.1, 0.15) is 45.7 Å². The molecule has 0 fully saturated rings. The molecule has 0 aliphatic carbocycles. The van der Waals surface area contributed by atoms with Crippen LogP contribution in [0.4, 0.5) is 0 Å². The zero-order valence-electron chi connectivity index (χ0n) is 14.2.